The maximum absolute atomic E-state index is 11.8. The zero-order valence-corrected chi connectivity index (χ0v) is 11.3. The Balaban J connectivity index is 3.16. The topological polar surface area (TPSA) is 91.8 Å². The minimum Gasteiger partial charge on any atom is -0.481 e. The summed E-state index contributed by atoms with van der Waals surface area (Å²) < 4.78 is 0. The number of H-pyrrole nitrogens is 1. The summed E-state index contributed by atoms with van der Waals surface area (Å²) in [5.74, 6) is -0.309. The van der Waals surface area contributed by atoms with Gasteiger partial charge in [0, 0.05) is 5.92 Å². The van der Waals surface area contributed by atoms with Crippen molar-refractivity contribution in [1.29, 1.82) is 0 Å². The third kappa shape index (κ3) is 2.68. The van der Waals surface area contributed by atoms with Crippen LogP contribution in [-0.2, 0) is 4.79 Å². The molecule has 1 heterocycles. The Kier molecular flexibility index (Phi) is 5.25. The fourth-order valence-corrected chi connectivity index (χ4v) is 2.73. The lowest BCUT2D eigenvalue weighted by Gasteiger charge is -2.34. The molecular weight excluding hydrogens is 232 g/mol. The average Bonchev–Trinajstić information content (AvgIpc) is 2.86. The molecular formula is C12H22N4O2. The van der Waals surface area contributed by atoms with Gasteiger partial charge in [0.1, 0.15) is 0 Å². The van der Waals surface area contributed by atoms with Crippen molar-refractivity contribution in [3.63, 3.8) is 0 Å². The molecule has 6 nitrogen and oxygen atoms in total. The van der Waals surface area contributed by atoms with E-state index in [1.807, 2.05) is 20.8 Å². The standard InChI is InChI=1S/C12H22N4O2/c1-4-7-9(10-13-15-16-14-10)12(6-3,8-5-2)11(17)18/h9H,4-8H2,1-3H3,(H,17,18)(H,13,14,15,16). The van der Waals surface area contributed by atoms with Crippen LogP contribution < -0.4 is 0 Å². The van der Waals surface area contributed by atoms with Crippen molar-refractivity contribution in [2.75, 3.05) is 0 Å². The third-order valence-corrected chi connectivity index (χ3v) is 3.69. The molecule has 0 bridgehead atoms. The zero-order valence-electron chi connectivity index (χ0n) is 11.3. The van der Waals surface area contributed by atoms with Crippen LogP contribution in [0.1, 0.15) is 64.6 Å². The molecule has 102 valence electrons. The number of hydrogen-bond acceptors (Lipinski definition) is 4. The van der Waals surface area contributed by atoms with Gasteiger partial charge >= 0.3 is 5.97 Å². The van der Waals surface area contributed by atoms with Gasteiger partial charge in [0.15, 0.2) is 5.82 Å². The first-order chi connectivity index (χ1) is 8.62. The maximum atomic E-state index is 11.8. The summed E-state index contributed by atoms with van der Waals surface area (Å²) in [6, 6.07) is 0. The Bertz CT molecular complexity index is 366. The number of nitrogens with zero attached hydrogens (tertiary/aromatic N) is 3. The summed E-state index contributed by atoms with van der Waals surface area (Å²) in [6.45, 7) is 5.98. The van der Waals surface area contributed by atoms with Gasteiger partial charge in [0.25, 0.3) is 0 Å². The molecule has 0 saturated heterocycles. The Morgan fingerprint density at radius 3 is 2.50 bits per heavy atom. The number of carbonyl (C=O) groups is 1. The molecule has 0 aliphatic heterocycles. The van der Waals surface area contributed by atoms with Crippen LogP contribution in [0.2, 0.25) is 0 Å². The summed E-state index contributed by atoms with van der Waals surface area (Å²) in [6.07, 6.45) is 3.74. The summed E-state index contributed by atoms with van der Waals surface area (Å²) in [5, 5.41) is 23.5. The third-order valence-electron chi connectivity index (χ3n) is 3.69. The number of hydrogen-bond donors (Lipinski definition) is 2. The molecule has 6 heteroatoms. The molecule has 0 aromatic carbocycles. The lowest BCUT2D eigenvalue weighted by atomic mass is 9.68. The molecule has 1 aromatic rings. The highest BCUT2D eigenvalue weighted by molar-refractivity contribution is 5.75. The van der Waals surface area contributed by atoms with E-state index >= 15 is 0 Å². The predicted octanol–water partition coefficient (Wildman–Crippen LogP) is 2.36. The van der Waals surface area contributed by atoms with Gasteiger partial charge in [-0.05, 0) is 29.7 Å². The van der Waals surface area contributed by atoms with Crippen LogP contribution >= 0.6 is 0 Å². The van der Waals surface area contributed by atoms with Crippen LogP contribution in [0.3, 0.4) is 0 Å². The van der Waals surface area contributed by atoms with Gasteiger partial charge in [-0.3, -0.25) is 4.79 Å². The predicted molar refractivity (Wildman–Crippen MR) is 67.1 cm³/mol. The average molecular weight is 254 g/mol. The second kappa shape index (κ2) is 6.47. The van der Waals surface area contributed by atoms with Gasteiger partial charge in [-0.2, -0.15) is 0 Å². The number of aromatic amines is 1. The van der Waals surface area contributed by atoms with E-state index in [4.69, 9.17) is 0 Å². The van der Waals surface area contributed by atoms with E-state index in [0.29, 0.717) is 18.7 Å². The fourth-order valence-electron chi connectivity index (χ4n) is 2.73. The molecule has 1 aromatic heterocycles. The summed E-state index contributed by atoms with van der Waals surface area (Å²) in [5.41, 5.74) is -0.772. The maximum Gasteiger partial charge on any atom is 0.310 e. The highest BCUT2D eigenvalue weighted by Crippen LogP contribution is 2.44. The normalized spacial score (nSPS) is 16.2. The number of tetrazole rings is 1. The van der Waals surface area contributed by atoms with Crippen LogP contribution in [0.5, 0.6) is 0 Å². The quantitative estimate of drug-likeness (QED) is 0.743. The Morgan fingerprint density at radius 2 is 2.11 bits per heavy atom. The summed E-state index contributed by atoms with van der Waals surface area (Å²) in [7, 11) is 0. The highest BCUT2D eigenvalue weighted by Gasteiger charge is 2.45. The molecule has 2 N–H and O–H groups in total. The molecule has 0 spiro atoms. The van der Waals surface area contributed by atoms with Gasteiger partial charge in [-0.1, -0.05) is 33.6 Å². The molecule has 1 rings (SSSR count). The van der Waals surface area contributed by atoms with Gasteiger partial charge < -0.3 is 5.11 Å². The van der Waals surface area contributed by atoms with E-state index < -0.39 is 11.4 Å². The molecule has 0 aliphatic rings. The van der Waals surface area contributed by atoms with Crippen LogP contribution in [0.25, 0.3) is 0 Å². The second-order valence-electron chi connectivity index (χ2n) is 4.69. The van der Waals surface area contributed by atoms with Crippen molar-refractivity contribution in [1.82, 2.24) is 20.6 Å². The largest absolute Gasteiger partial charge is 0.481 e. The fraction of sp³-hybridized carbons (Fsp3) is 0.833. The minimum absolute atomic E-state index is 0.153. The first-order valence-corrected chi connectivity index (χ1v) is 6.59. The first kappa shape index (κ1) is 14.6. The number of aromatic nitrogens is 4. The van der Waals surface area contributed by atoms with E-state index in [-0.39, 0.29) is 5.92 Å². The molecule has 0 amide bonds. The number of aliphatic carboxylic acids is 1. The van der Waals surface area contributed by atoms with E-state index in [1.54, 1.807) is 0 Å². The van der Waals surface area contributed by atoms with Crippen molar-refractivity contribution in [2.45, 2.75) is 58.8 Å². The smallest absolute Gasteiger partial charge is 0.310 e. The van der Waals surface area contributed by atoms with E-state index in [0.717, 1.165) is 19.3 Å². The molecule has 0 saturated carbocycles. The Morgan fingerprint density at radius 1 is 1.39 bits per heavy atom. The monoisotopic (exact) mass is 254 g/mol. The number of nitrogens with one attached hydrogen (secondary N) is 1. The molecule has 0 aliphatic carbocycles. The molecule has 2 atom stereocenters. The molecule has 0 fully saturated rings. The van der Waals surface area contributed by atoms with Gasteiger partial charge in [-0.25, -0.2) is 5.10 Å². The minimum atomic E-state index is -0.772. The highest BCUT2D eigenvalue weighted by atomic mass is 16.4. The van der Waals surface area contributed by atoms with Crippen molar-refractivity contribution in [2.24, 2.45) is 5.41 Å². The van der Waals surface area contributed by atoms with Gasteiger partial charge in [0.2, 0.25) is 0 Å². The Hall–Kier alpha value is -1.46. The van der Waals surface area contributed by atoms with Gasteiger partial charge in [-0.15, -0.1) is 5.10 Å². The SMILES string of the molecule is CCCC(c1nnn[nH]1)C(CC)(CCC)C(=O)O. The number of rotatable bonds is 8. The second-order valence-corrected chi connectivity index (χ2v) is 4.69. The van der Waals surface area contributed by atoms with Crippen molar-refractivity contribution >= 4 is 5.97 Å². The Labute approximate surface area is 107 Å². The molecule has 0 radical (unpaired) electrons. The van der Waals surface area contributed by atoms with Gasteiger partial charge in [0.05, 0.1) is 5.41 Å². The van der Waals surface area contributed by atoms with E-state index in [1.165, 1.54) is 0 Å². The van der Waals surface area contributed by atoms with Crippen LogP contribution in [-0.4, -0.2) is 31.7 Å². The lowest BCUT2D eigenvalue weighted by molar-refractivity contribution is -0.151. The lowest BCUT2D eigenvalue weighted by Crippen LogP contribution is -2.37. The summed E-state index contributed by atoms with van der Waals surface area (Å²) >= 11 is 0. The van der Waals surface area contributed by atoms with Crippen LogP contribution in [0.15, 0.2) is 0 Å². The molecule has 18 heavy (non-hydrogen) atoms. The van der Waals surface area contributed by atoms with Crippen molar-refractivity contribution < 1.29 is 9.90 Å². The van der Waals surface area contributed by atoms with E-state index in [9.17, 15) is 9.90 Å². The van der Waals surface area contributed by atoms with E-state index in [2.05, 4.69) is 20.6 Å². The van der Waals surface area contributed by atoms with Crippen molar-refractivity contribution in [3.8, 4) is 0 Å². The number of carboxylic acid groups (broad SMARTS) is 1. The van der Waals surface area contributed by atoms with Crippen LogP contribution in [0.4, 0.5) is 0 Å². The summed E-state index contributed by atoms with van der Waals surface area (Å²) in [4.78, 5) is 11.8. The van der Waals surface area contributed by atoms with Crippen molar-refractivity contribution in [3.05, 3.63) is 5.82 Å². The van der Waals surface area contributed by atoms with Crippen LogP contribution in [0, 0.1) is 5.41 Å². The molecule has 2 unspecified atom stereocenters. The first-order valence-electron chi connectivity index (χ1n) is 6.59. The number of carboxylic acids is 1. The zero-order chi connectivity index (χ0) is 13.6.